The summed E-state index contributed by atoms with van der Waals surface area (Å²) in [6, 6.07) is 13.9. The van der Waals surface area contributed by atoms with Crippen LogP contribution in [-0.2, 0) is 4.79 Å². The lowest BCUT2D eigenvalue weighted by molar-refractivity contribution is -0.131. The molecule has 0 bridgehead atoms. The highest BCUT2D eigenvalue weighted by Crippen LogP contribution is 2.50. The molecule has 0 spiro atoms. The zero-order chi connectivity index (χ0) is 16.7. The number of hydrogen-bond acceptors (Lipinski definition) is 3. The van der Waals surface area contributed by atoms with Gasteiger partial charge in [0.15, 0.2) is 0 Å². The van der Waals surface area contributed by atoms with Crippen molar-refractivity contribution in [3.63, 3.8) is 0 Å². The smallest absolute Gasteiger partial charge is 0.328 e. The molecule has 4 rings (SSSR count). The van der Waals surface area contributed by atoms with Crippen LogP contribution in [0, 0.1) is 5.82 Å². The maximum atomic E-state index is 13.8. The Hall–Kier alpha value is -2.92. The van der Waals surface area contributed by atoms with Crippen molar-refractivity contribution in [1.29, 1.82) is 0 Å². The van der Waals surface area contributed by atoms with Gasteiger partial charge in [0.1, 0.15) is 17.3 Å². The Labute approximate surface area is 141 Å². The summed E-state index contributed by atoms with van der Waals surface area (Å²) in [5.74, 6) is -0.0760. The number of para-hydroxylation sites is 1. The summed E-state index contributed by atoms with van der Waals surface area (Å²) in [5.41, 5.74) is 2.47. The number of rotatable bonds is 2. The van der Waals surface area contributed by atoms with E-state index in [2.05, 4.69) is 0 Å². The molecule has 1 N–H and O–H groups in total. The van der Waals surface area contributed by atoms with Crippen LogP contribution < -0.4 is 4.74 Å². The lowest BCUT2D eigenvalue weighted by atomic mass is 10.0. The van der Waals surface area contributed by atoms with Gasteiger partial charge in [-0.15, -0.1) is 11.3 Å². The van der Waals surface area contributed by atoms with Crippen LogP contribution in [0.5, 0.6) is 11.5 Å². The van der Waals surface area contributed by atoms with E-state index in [0.29, 0.717) is 17.1 Å². The Morgan fingerprint density at radius 2 is 1.83 bits per heavy atom. The standard InChI is InChI=1S/C19H11FO3S/c20-11-5-7-17-15(9-11)19-14(10-12(24-19)6-8-18(21)22)13-3-1-2-4-16(13)23-17/h1-10H,(H,21,22)/b8-6+. The third kappa shape index (κ3) is 2.49. The van der Waals surface area contributed by atoms with E-state index < -0.39 is 5.97 Å². The molecule has 0 fully saturated rings. The third-order valence-electron chi connectivity index (χ3n) is 3.72. The molecule has 1 aromatic heterocycles. The summed E-state index contributed by atoms with van der Waals surface area (Å²) in [6.45, 7) is 0. The van der Waals surface area contributed by atoms with Crippen molar-refractivity contribution >= 4 is 23.4 Å². The molecule has 2 aromatic carbocycles. The predicted molar refractivity (Wildman–Crippen MR) is 91.9 cm³/mol. The number of ether oxygens (including phenoxy) is 1. The second-order valence-corrected chi connectivity index (χ2v) is 6.39. The number of carboxylic acids is 1. The molecule has 0 saturated carbocycles. The van der Waals surface area contributed by atoms with Crippen LogP contribution in [0.25, 0.3) is 27.6 Å². The van der Waals surface area contributed by atoms with E-state index in [1.54, 1.807) is 12.1 Å². The fourth-order valence-corrected chi connectivity index (χ4v) is 3.81. The molecular weight excluding hydrogens is 327 g/mol. The van der Waals surface area contributed by atoms with E-state index in [4.69, 9.17) is 9.84 Å². The predicted octanol–water partition coefficient (Wildman–Crippen LogP) is 5.42. The van der Waals surface area contributed by atoms with Crippen LogP contribution in [0.1, 0.15) is 4.88 Å². The molecule has 3 aromatic rings. The summed E-state index contributed by atoms with van der Waals surface area (Å²) in [7, 11) is 0. The Morgan fingerprint density at radius 3 is 2.67 bits per heavy atom. The van der Waals surface area contributed by atoms with Gasteiger partial charge >= 0.3 is 5.97 Å². The van der Waals surface area contributed by atoms with Gasteiger partial charge < -0.3 is 9.84 Å². The van der Waals surface area contributed by atoms with Crippen LogP contribution in [0.2, 0.25) is 0 Å². The van der Waals surface area contributed by atoms with Crippen LogP contribution in [0.3, 0.4) is 0 Å². The Kier molecular flexibility index (Phi) is 3.43. The van der Waals surface area contributed by atoms with Crippen molar-refractivity contribution in [2.24, 2.45) is 0 Å². The first-order chi connectivity index (χ1) is 11.6. The Bertz CT molecular complexity index is 988. The Balaban J connectivity index is 1.99. The SMILES string of the molecule is O=C(O)/C=C/c1cc2c(s1)-c1cc(F)ccc1Oc1ccccc1-2. The minimum absolute atomic E-state index is 0.342. The second kappa shape index (κ2) is 5.62. The van der Waals surface area contributed by atoms with Crippen LogP contribution >= 0.6 is 11.3 Å². The molecule has 118 valence electrons. The summed E-state index contributed by atoms with van der Waals surface area (Å²) < 4.78 is 19.7. The first-order valence-corrected chi connectivity index (χ1v) is 8.05. The number of carbonyl (C=O) groups is 1. The molecule has 1 aliphatic heterocycles. The van der Waals surface area contributed by atoms with Gasteiger partial charge in [0.25, 0.3) is 0 Å². The van der Waals surface area contributed by atoms with E-state index in [-0.39, 0.29) is 5.82 Å². The number of halogens is 1. The van der Waals surface area contributed by atoms with Crippen LogP contribution in [0.15, 0.2) is 54.6 Å². The highest BCUT2D eigenvalue weighted by atomic mass is 32.1. The molecule has 2 heterocycles. The fourth-order valence-electron chi connectivity index (χ4n) is 2.71. The van der Waals surface area contributed by atoms with E-state index in [1.807, 2.05) is 30.3 Å². The largest absolute Gasteiger partial charge is 0.478 e. The maximum Gasteiger partial charge on any atom is 0.328 e. The lowest BCUT2D eigenvalue weighted by Crippen LogP contribution is -1.87. The number of carboxylic acid groups (broad SMARTS) is 1. The average Bonchev–Trinajstić information content (AvgIpc) is 2.94. The minimum atomic E-state index is -1.01. The molecule has 0 saturated heterocycles. The molecular formula is C19H11FO3S. The minimum Gasteiger partial charge on any atom is -0.478 e. The molecule has 24 heavy (non-hydrogen) atoms. The molecule has 0 radical (unpaired) electrons. The zero-order valence-electron chi connectivity index (χ0n) is 12.3. The summed E-state index contributed by atoms with van der Waals surface area (Å²) >= 11 is 1.41. The van der Waals surface area contributed by atoms with Crippen LogP contribution in [0.4, 0.5) is 4.39 Å². The van der Waals surface area contributed by atoms with Gasteiger partial charge in [-0.05, 0) is 36.4 Å². The van der Waals surface area contributed by atoms with E-state index in [1.165, 1.54) is 23.5 Å². The van der Waals surface area contributed by atoms with Gasteiger partial charge in [-0.2, -0.15) is 0 Å². The van der Waals surface area contributed by atoms with Gasteiger partial charge in [-0.25, -0.2) is 9.18 Å². The van der Waals surface area contributed by atoms with Gasteiger partial charge in [0, 0.05) is 32.5 Å². The lowest BCUT2D eigenvalue weighted by Gasteiger charge is -2.08. The number of fused-ring (bicyclic) bond motifs is 5. The first-order valence-electron chi connectivity index (χ1n) is 7.24. The first kappa shape index (κ1) is 14.7. The average molecular weight is 338 g/mol. The Morgan fingerprint density at radius 1 is 1.04 bits per heavy atom. The van der Waals surface area contributed by atoms with Gasteiger partial charge in [-0.3, -0.25) is 0 Å². The monoisotopic (exact) mass is 338 g/mol. The van der Waals surface area contributed by atoms with Crippen molar-refractivity contribution in [2.75, 3.05) is 0 Å². The maximum absolute atomic E-state index is 13.8. The van der Waals surface area contributed by atoms with E-state index in [0.717, 1.165) is 27.0 Å². The van der Waals surface area contributed by atoms with E-state index in [9.17, 15) is 9.18 Å². The van der Waals surface area contributed by atoms with Gasteiger partial charge in [0.2, 0.25) is 0 Å². The van der Waals surface area contributed by atoms with E-state index >= 15 is 0 Å². The summed E-state index contributed by atoms with van der Waals surface area (Å²) in [5, 5.41) is 8.82. The molecule has 0 atom stereocenters. The molecule has 0 unspecified atom stereocenters. The topological polar surface area (TPSA) is 46.5 Å². The number of benzene rings is 2. The summed E-state index contributed by atoms with van der Waals surface area (Å²) in [6.07, 6.45) is 2.64. The quantitative estimate of drug-likeness (QED) is 0.496. The number of aliphatic carboxylic acids is 1. The van der Waals surface area contributed by atoms with Crippen molar-refractivity contribution < 1.29 is 19.0 Å². The van der Waals surface area contributed by atoms with Crippen molar-refractivity contribution in [2.45, 2.75) is 0 Å². The van der Waals surface area contributed by atoms with Crippen molar-refractivity contribution in [1.82, 2.24) is 0 Å². The highest BCUT2D eigenvalue weighted by Gasteiger charge is 2.23. The molecule has 3 nitrogen and oxygen atoms in total. The number of hydrogen-bond donors (Lipinski definition) is 1. The zero-order valence-corrected chi connectivity index (χ0v) is 13.1. The van der Waals surface area contributed by atoms with Gasteiger partial charge in [-0.1, -0.05) is 18.2 Å². The highest BCUT2D eigenvalue weighted by molar-refractivity contribution is 7.17. The van der Waals surface area contributed by atoms with Gasteiger partial charge in [0.05, 0.1) is 0 Å². The molecule has 0 amide bonds. The molecule has 1 aliphatic rings. The normalized spacial score (nSPS) is 12.0. The second-order valence-electron chi connectivity index (χ2n) is 5.30. The molecule has 5 heteroatoms. The summed E-state index contributed by atoms with van der Waals surface area (Å²) in [4.78, 5) is 12.4. The van der Waals surface area contributed by atoms with Crippen LogP contribution in [-0.4, -0.2) is 11.1 Å². The van der Waals surface area contributed by atoms with Crippen molar-refractivity contribution in [3.8, 4) is 33.1 Å². The number of thiophene rings is 1. The van der Waals surface area contributed by atoms with Crippen molar-refractivity contribution in [3.05, 3.63) is 65.3 Å². The molecule has 0 aliphatic carbocycles. The third-order valence-corrected chi connectivity index (χ3v) is 4.86. The fraction of sp³-hybridized carbons (Fsp3) is 0.